The van der Waals surface area contributed by atoms with Crippen LogP contribution in [0.5, 0.6) is 0 Å². The number of aliphatic hydroxyl groups excluding tert-OH is 1. The van der Waals surface area contributed by atoms with Gasteiger partial charge in [-0.05, 0) is 36.8 Å². The predicted molar refractivity (Wildman–Crippen MR) is 86.9 cm³/mol. The summed E-state index contributed by atoms with van der Waals surface area (Å²) in [6.07, 6.45) is 0.238. The van der Waals surface area contributed by atoms with Crippen LogP contribution in [0.25, 0.3) is 0 Å². The van der Waals surface area contributed by atoms with Crippen LogP contribution in [0.3, 0.4) is 0 Å². The van der Waals surface area contributed by atoms with Gasteiger partial charge in [-0.3, -0.25) is 4.79 Å². The Kier molecular flexibility index (Phi) is 5.53. The maximum Gasteiger partial charge on any atom is 0.252 e. The summed E-state index contributed by atoms with van der Waals surface area (Å²) in [4.78, 5) is 12.2. The highest BCUT2D eigenvalue weighted by molar-refractivity contribution is 7.08. The molecule has 0 aliphatic rings. The van der Waals surface area contributed by atoms with Gasteiger partial charge in [0, 0.05) is 17.8 Å². The van der Waals surface area contributed by atoms with E-state index in [2.05, 4.69) is 5.32 Å². The van der Waals surface area contributed by atoms with Crippen molar-refractivity contribution in [3.05, 3.63) is 57.8 Å². The summed E-state index contributed by atoms with van der Waals surface area (Å²) in [7, 11) is 0. The first-order valence-electron chi connectivity index (χ1n) is 7.12. The maximum atomic E-state index is 12.2. The molecule has 2 N–H and O–H groups in total. The molecule has 0 saturated heterocycles. The number of carbonyl (C=O) groups is 1. The number of nitrogens with one attached hydrogen (secondary N) is 1. The summed E-state index contributed by atoms with van der Waals surface area (Å²) in [6, 6.07) is 10.0. The molecule has 1 aromatic heterocycles. The SMILES string of the molecule is Cc1cscc1C(=O)NCC(CC(C)O)c1ccccc1. The number of aryl methyl sites for hydroxylation is 1. The highest BCUT2D eigenvalue weighted by Crippen LogP contribution is 2.21. The number of rotatable bonds is 6. The lowest BCUT2D eigenvalue weighted by molar-refractivity contribution is 0.0945. The molecule has 0 bridgehead atoms. The van der Waals surface area contributed by atoms with E-state index >= 15 is 0 Å². The van der Waals surface area contributed by atoms with E-state index in [9.17, 15) is 9.90 Å². The van der Waals surface area contributed by atoms with Gasteiger partial charge in [0.2, 0.25) is 0 Å². The zero-order chi connectivity index (χ0) is 15.2. The van der Waals surface area contributed by atoms with Gasteiger partial charge in [0.1, 0.15) is 0 Å². The molecule has 0 saturated carbocycles. The second kappa shape index (κ2) is 7.38. The summed E-state index contributed by atoms with van der Waals surface area (Å²) in [5.41, 5.74) is 2.88. The Morgan fingerprint density at radius 1 is 1.29 bits per heavy atom. The molecule has 1 amide bonds. The van der Waals surface area contributed by atoms with Crippen LogP contribution < -0.4 is 5.32 Å². The Labute approximate surface area is 129 Å². The smallest absolute Gasteiger partial charge is 0.252 e. The van der Waals surface area contributed by atoms with Crippen LogP contribution in [0.15, 0.2) is 41.1 Å². The van der Waals surface area contributed by atoms with E-state index < -0.39 is 6.10 Å². The van der Waals surface area contributed by atoms with Crippen molar-refractivity contribution in [1.29, 1.82) is 0 Å². The van der Waals surface area contributed by atoms with Gasteiger partial charge in [-0.2, -0.15) is 11.3 Å². The number of thiophene rings is 1. The van der Waals surface area contributed by atoms with Crippen LogP contribution in [-0.4, -0.2) is 23.7 Å². The van der Waals surface area contributed by atoms with Gasteiger partial charge in [-0.25, -0.2) is 0 Å². The average Bonchev–Trinajstić information content (AvgIpc) is 2.90. The lowest BCUT2D eigenvalue weighted by Gasteiger charge is -2.19. The molecular weight excluding hydrogens is 282 g/mol. The van der Waals surface area contributed by atoms with Gasteiger partial charge in [-0.1, -0.05) is 30.3 Å². The number of carbonyl (C=O) groups excluding carboxylic acids is 1. The van der Waals surface area contributed by atoms with Crippen LogP contribution in [-0.2, 0) is 0 Å². The van der Waals surface area contributed by atoms with E-state index in [1.165, 1.54) is 11.3 Å². The van der Waals surface area contributed by atoms with Crippen molar-refractivity contribution >= 4 is 17.2 Å². The van der Waals surface area contributed by atoms with Gasteiger partial charge in [-0.15, -0.1) is 0 Å². The van der Waals surface area contributed by atoms with Crippen molar-refractivity contribution < 1.29 is 9.90 Å². The molecule has 21 heavy (non-hydrogen) atoms. The monoisotopic (exact) mass is 303 g/mol. The quantitative estimate of drug-likeness (QED) is 0.860. The zero-order valence-corrected chi connectivity index (χ0v) is 13.2. The molecule has 0 radical (unpaired) electrons. The Hall–Kier alpha value is -1.65. The second-order valence-corrected chi connectivity index (χ2v) is 6.11. The van der Waals surface area contributed by atoms with Crippen molar-refractivity contribution in [1.82, 2.24) is 5.32 Å². The topological polar surface area (TPSA) is 49.3 Å². The molecule has 2 unspecified atom stereocenters. The van der Waals surface area contributed by atoms with E-state index in [0.717, 1.165) is 16.7 Å². The summed E-state index contributed by atoms with van der Waals surface area (Å²) in [5.74, 6) is 0.0781. The maximum absolute atomic E-state index is 12.2. The summed E-state index contributed by atoms with van der Waals surface area (Å²) in [5, 5.41) is 16.5. The van der Waals surface area contributed by atoms with Crippen LogP contribution in [0, 0.1) is 6.92 Å². The Morgan fingerprint density at radius 2 is 2.00 bits per heavy atom. The molecule has 4 heteroatoms. The van der Waals surface area contributed by atoms with Crippen LogP contribution >= 0.6 is 11.3 Å². The van der Waals surface area contributed by atoms with Gasteiger partial charge in [0.25, 0.3) is 5.91 Å². The molecule has 3 nitrogen and oxygen atoms in total. The first-order chi connectivity index (χ1) is 10.1. The normalized spacial score (nSPS) is 13.7. The van der Waals surface area contributed by atoms with Crippen molar-refractivity contribution in [3.8, 4) is 0 Å². The van der Waals surface area contributed by atoms with Crippen molar-refractivity contribution in [2.24, 2.45) is 0 Å². The number of aliphatic hydroxyl groups is 1. The number of amides is 1. The first kappa shape index (κ1) is 15.7. The molecule has 1 aromatic carbocycles. The molecule has 1 heterocycles. The van der Waals surface area contributed by atoms with Gasteiger partial charge < -0.3 is 10.4 Å². The third kappa shape index (κ3) is 4.41. The molecule has 2 aromatic rings. The van der Waals surface area contributed by atoms with Gasteiger partial charge in [0.05, 0.1) is 11.7 Å². The number of hydrogen-bond acceptors (Lipinski definition) is 3. The van der Waals surface area contributed by atoms with Crippen molar-refractivity contribution in [2.45, 2.75) is 32.3 Å². The largest absolute Gasteiger partial charge is 0.393 e. The Balaban J connectivity index is 2.03. The molecule has 2 rings (SSSR count). The minimum absolute atomic E-state index is 0.0414. The van der Waals surface area contributed by atoms with E-state index in [1.54, 1.807) is 6.92 Å². The third-order valence-electron chi connectivity index (χ3n) is 3.51. The van der Waals surface area contributed by atoms with Crippen molar-refractivity contribution in [2.75, 3.05) is 6.54 Å². The van der Waals surface area contributed by atoms with E-state index in [0.29, 0.717) is 13.0 Å². The zero-order valence-electron chi connectivity index (χ0n) is 12.4. The highest BCUT2D eigenvalue weighted by Gasteiger charge is 2.16. The molecular formula is C17H21NO2S. The molecule has 0 spiro atoms. The second-order valence-electron chi connectivity index (χ2n) is 5.37. The fraction of sp³-hybridized carbons (Fsp3) is 0.353. The molecule has 0 aliphatic carbocycles. The number of benzene rings is 1. The minimum Gasteiger partial charge on any atom is -0.393 e. The Bertz CT molecular complexity index is 577. The van der Waals surface area contributed by atoms with E-state index in [1.807, 2.05) is 48.0 Å². The lowest BCUT2D eigenvalue weighted by atomic mass is 9.93. The molecule has 2 atom stereocenters. The van der Waals surface area contributed by atoms with Gasteiger partial charge >= 0.3 is 0 Å². The summed E-state index contributed by atoms with van der Waals surface area (Å²) in [6.45, 7) is 4.25. The molecule has 112 valence electrons. The molecule has 0 fully saturated rings. The van der Waals surface area contributed by atoms with Crippen molar-refractivity contribution in [3.63, 3.8) is 0 Å². The Morgan fingerprint density at radius 3 is 2.57 bits per heavy atom. The lowest BCUT2D eigenvalue weighted by Crippen LogP contribution is -2.29. The first-order valence-corrected chi connectivity index (χ1v) is 8.06. The summed E-state index contributed by atoms with van der Waals surface area (Å²) >= 11 is 1.53. The summed E-state index contributed by atoms with van der Waals surface area (Å²) < 4.78 is 0. The predicted octanol–water partition coefficient (Wildman–Crippen LogP) is 3.34. The van der Waals surface area contributed by atoms with E-state index in [4.69, 9.17) is 0 Å². The fourth-order valence-corrected chi connectivity index (χ4v) is 3.21. The highest BCUT2D eigenvalue weighted by atomic mass is 32.1. The minimum atomic E-state index is -0.394. The molecule has 0 aliphatic heterocycles. The van der Waals surface area contributed by atoms with E-state index in [-0.39, 0.29) is 11.8 Å². The fourth-order valence-electron chi connectivity index (χ4n) is 2.38. The van der Waals surface area contributed by atoms with Crippen LogP contribution in [0.1, 0.15) is 40.7 Å². The van der Waals surface area contributed by atoms with Crippen LogP contribution in [0.2, 0.25) is 0 Å². The van der Waals surface area contributed by atoms with Gasteiger partial charge in [0.15, 0.2) is 0 Å². The number of hydrogen-bond donors (Lipinski definition) is 2. The van der Waals surface area contributed by atoms with Crippen LogP contribution in [0.4, 0.5) is 0 Å². The standard InChI is InChI=1S/C17H21NO2S/c1-12-10-21-11-16(12)17(20)18-9-15(8-13(2)19)14-6-4-3-5-7-14/h3-7,10-11,13,15,19H,8-9H2,1-2H3,(H,18,20). The average molecular weight is 303 g/mol. The third-order valence-corrected chi connectivity index (χ3v) is 4.37.